The van der Waals surface area contributed by atoms with Crippen molar-refractivity contribution in [1.82, 2.24) is 19.5 Å². The van der Waals surface area contributed by atoms with Crippen LogP contribution in [0.2, 0.25) is 0 Å². The summed E-state index contributed by atoms with van der Waals surface area (Å²) >= 11 is 0. The molecule has 0 atom stereocenters. The molecule has 0 saturated carbocycles. The van der Waals surface area contributed by atoms with E-state index in [1.807, 2.05) is 0 Å². The van der Waals surface area contributed by atoms with Gasteiger partial charge in [-0.1, -0.05) is 0 Å². The number of aromatic nitrogens is 4. The topological polar surface area (TPSA) is 63.6 Å². The Labute approximate surface area is 67.7 Å². The fourth-order valence-electron chi connectivity index (χ4n) is 0.911. The second-order valence-corrected chi connectivity index (χ2v) is 2.23. The molecule has 5 nitrogen and oxygen atoms in total. The zero-order valence-corrected chi connectivity index (χ0v) is 6.14. The van der Waals surface area contributed by atoms with Gasteiger partial charge in [0, 0.05) is 18.6 Å². The Morgan fingerprint density at radius 1 is 1.42 bits per heavy atom. The minimum atomic E-state index is -0.360. The SMILES string of the molecule is O=c1nccc(-n2ccnc2)[nH]1. The average molecular weight is 162 g/mol. The smallest absolute Gasteiger partial charge is 0.292 e. The minimum Gasteiger partial charge on any atom is -0.292 e. The van der Waals surface area contributed by atoms with Crippen LogP contribution in [-0.4, -0.2) is 19.5 Å². The number of nitrogens with one attached hydrogen (secondary N) is 1. The third-order valence-electron chi connectivity index (χ3n) is 1.44. The molecular formula is C7H6N4O. The van der Waals surface area contributed by atoms with Gasteiger partial charge >= 0.3 is 5.69 Å². The normalized spacial score (nSPS) is 10.0. The molecule has 0 aliphatic heterocycles. The second-order valence-electron chi connectivity index (χ2n) is 2.23. The fraction of sp³-hybridized carbons (Fsp3) is 0. The maximum Gasteiger partial charge on any atom is 0.346 e. The van der Waals surface area contributed by atoms with E-state index in [2.05, 4.69) is 15.0 Å². The van der Waals surface area contributed by atoms with Gasteiger partial charge in [0.05, 0.1) is 0 Å². The molecule has 1 N–H and O–H groups in total. The van der Waals surface area contributed by atoms with E-state index in [1.54, 1.807) is 29.4 Å². The van der Waals surface area contributed by atoms with E-state index in [0.717, 1.165) is 0 Å². The van der Waals surface area contributed by atoms with E-state index in [0.29, 0.717) is 5.82 Å². The van der Waals surface area contributed by atoms with Crippen molar-refractivity contribution in [3.63, 3.8) is 0 Å². The predicted molar refractivity (Wildman–Crippen MR) is 42.0 cm³/mol. The maximum absolute atomic E-state index is 10.8. The summed E-state index contributed by atoms with van der Waals surface area (Å²) in [7, 11) is 0. The lowest BCUT2D eigenvalue weighted by Crippen LogP contribution is -2.11. The van der Waals surface area contributed by atoms with Gasteiger partial charge in [0.25, 0.3) is 0 Å². The molecule has 0 aromatic carbocycles. The second kappa shape index (κ2) is 2.61. The Balaban J connectivity index is 2.55. The van der Waals surface area contributed by atoms with Crippen LogP contribution in [0.1, 0.15) is 0 Å². The Hall–Kier alpha value is -1.91. The fourth-order valence-corrected chi connectivity index (χ4v) is 0.911. The lowest BCUT2D eigenvalue weighted by Gasteiger charge is -1.97. The van der Waals surface area contributed by atoms with E-state index in [1.165, 1.54) is 6.20 Å². The highest BCUT2D eigenvalue weighted by atomic mass is 16.1. The summed E-state index contributed by atoms with van der Waals surface area (Å²) in [4.78, 5) is 20.7. The van der Waals surface area contributed by atoms with Crippen LogP contribution in [0.3, 0.4) is 0 Å². The number of imidazole rings is 1. The molecule has 2 heterocycles. The summed E-state index contributed by atoms with van der Waals surface area (Å²) in [6.45, 7) is 0. The minimum absolute atomic E-state index is 0.360. The van der Waals surface area contributed by atoms with Gasteiger partial charge in [-0.25, -0.2) is 14.8 Å². The van der Waals surface area contributed by atoms with Crippen molar-refractivity contribution in [2.75, 3.05) is 0 Å². The molecule has 2 aromatic heterocycles. The molecule has 0 aliphatic rings. The van der Waals surface area contributed by atoms with Gasteiger partial charge in [-0.15, -0.1) is 0 Å². The van der Waals surface area contributed by atoms with Crippen LogP contribution in [0, 0.1) is 0 Å². The van der Waals surface area contributed by atoms with Gasteiger partial charge in [-0.2, -0.15) is 0 Å². The van der Waals surface area contributed by atoms with Crippen LogP contribution in [-0.2, 0) is 0 Å². The largest absolute Gasteiger partial charge is 0.346 e. The van der Waals surface area contributed by atoms with Crippen LogP contribution in [0.15, 0.2) is 35.8 Å². The summed E-state index contributed by atoms with van der Waals surface area (Å²) in [6.07, 6.45) is 6.43. The van der Waals surface area contributed by atoms with Crippen molar-refractivity contribution in [3.8, 4) is 5.82 Å². The van der Waals surface area contributed by atoms with Crippen molar-refractivity contribution in [2.24, 2.45) is 0 Å². The Kier molecular flexibility index (Phi) is 1.48. The van der Waals surface area contributed by atoms with Crippen molar-refractivity contribution in [1.29, 1.82) is 0 Å². The Morgan fingerprint density at radius 3 is 3.00 bits per heavy atom. The summed E-state index contributed by atoms with van der Waals surface area (Å²) in [5.74, 6) is 0.660. The van der Waals surface area contributed by atoms with Gasteiger partial charge in [0.15, 0.2) is 0 Å². The molecule has 2 rings (SSSR count). The lowest BCUT2D eigenvalue weighted by molar-refractivity contribution is 0.942. The lowest BCUT2D eigenvalue weighted by atomic mass is 10.6. The van der Waals surface area contributed by atoms with E-state index in [-0.39, 0.29) is 5.69 Å². The van der Waals surface area contributed by atoms with Gasteiger partial charge in [-0.05, 0) is 6.07 Å². The third kappa shape index (κ3) is 1.12. The van der Waals surface area contributed by atoms with Crippen LogP contribution in [0.4, 0.5) is 0 Å². The highest BCUT2D eigenvalue weighted by Gasteiger charge is 1.93. The molecule has 12 heavy (non-hydrogen) atoms. The molecular weight excluding hydrogens is 156 g/mol. The molecule has 60 valence electrons. The van der Waals surface area contributed by atoms with Gasteiger partial charge in [-0.3, -0.25) is 9.55 Å². The van der Waals surface area contributed by atoms with Crippen molar-refractivity contribution < 1.29 is 0 Å². The monoisotopic (exact) mass is 162 g/mol. The van der Waals surface area contributed by atoms with Crippen molar-refractivity contribution >= 4 is 0 Å². The molecule has 2 aromatic rings. The molecule has 0 saturated heterocycles. The van der Waals surface area contributed by atoms with Crippen LogP contribution in [0.25, 0.3) is 5.82 Å². The number of hydrogen-bond donors (Lipinski definition) is 1. The molecule has 0 fully saturated rings. The van der Waals surface area contributed by atoms with Gasteiger partial charge in [0.1, 0.15) is 12.1 Å². The van der Waals surface area contributed by atoms with E-state index >= 15 is 0 Å². The Morgan fingerprint density at radius 2 is 2.33 bits per heavy atom. The highest BCUT2D eigenvalue weighted by molar-refractivity contribution is 5.18. The van der Waals surface area contributed by atoms with E-state index < -0.39 is 0 Å². The van der Waals surface area contributed by atoms with Crippen molar-refractivity contribution in [3.05, 3.63) is 41.5 Å². The first-order chi connectivity index (χ1) is 5.86. The van der Waals surface area contributed by atoms with E-state index in [4.69, 9.17) is 0 Å². The van der Waals surface area contributed by atoms with Crippen molar-refractivity contribution in [2.45, 2.75) is 0 Å². The quantitative estimate of drug-likeness (QED) is 0.639. The zero-order chi connectivity index (χ0) is 8.39. The third-order valence-corrected chi connectivity index (χ3v) is 1.44. The summed E-state index contributed by atoms with van der Waals surface area (Å²) < 4.78 is 1.70. The number of hydrogen-bond acceptors (Lipinski definition) is 3. The van der Waals surface area contributed by atoms with Crippen LogP contribution in [0.5, 0.6) is 0 Å². The molecule has 0 radical (unpaired) electrons. The van der Waals surface area contributed by atoms with Gasteiger partial charge in [0.2, 0.25) is 0 Å². The summed E-state index contributed by atoms with van der Waals surface area (Å²) in [6, 6.07) is 1.70. The summed E-state index contributed by atoms with van der Waals surface area (Å²) in [5.41, 5.74) is -0.360. The first-order valence-electron chi connectivity index (χ1n) is 3.40. The van der Waals surface area contributed by atoms with Crippen LogP contribution < -0.4 is 5.69 Å². The first kappa shape index (κ1) is 6.78. The number of aromatic amines is 1. The summed E-state index contributed by atoms with van der Waals surface area (Å²) in [5, 5.41) is 0. The Bertz CT molecular complexity index is 417. The zero-order valence-electron chi connectivity index (χ0n) is 6.14. The highest BCUT2D eigenvalue weighted by Crippen LogP contribution is 1.97. The van der Waals surface area contributed by atoms with Gasteiger partial charge < -0.3 is 0 Å². The number of rotatable bonds is 1. The number of nitrogens with zero attached hydrogens (tertiary/aromatic N) is 3. The molecule has 0 bridgehead atoms. The number of H-pyrrole nitrogens is 1. The predicted octanol–water partition coefficient (Wildman–Crippen LogP) is -0.0444. The first-order valence-corrected chi connectivity index (χ1v) is 3.40. The molecule has 0 unspecified atom stereocenters. The average Bonchev–Trinajstić information content (AvgIpc) is 2.56. The molecule has 5 heteroatoms. The molecule has 0 aliphatic carbocycles. The standard InChI is InChI=1S/C7H6N4O/c12-7-9-2-1-6(10-7)11-4-3-8-5-11/h1-5H,(H,9,10,12). The molecule has 0 spiro atoms. The van der Waals surface area contributed by atoms with Crippen LogP contribution >= 0.6 is 0 Å². The maximum atomic E-state index is 10.8. The van der Waals surface area contributed by atoms with E-state index in [9.17, 15) is 4.79 Å². The molecule has 0 amide bonds.